The van der Waals surface area contributed by atoms with Crippen molar-refractivity contribution in [2.45, 2.75) is 38.8 Å². The molecule has 6 nitrogen and oxygen atoms in total. The smallest absolute Gasteiger partial charge is 0.410 e. The van der Waals surface area contributed by atoms with Crippen LogP contribution in [0.5, 0.6) is 0 Å². The summed E-state index contributed by atoms with van der Waals surface area (Å²) < 4.78 is 5.45. The number of para-hydroxylation sites is 2. The van der Waals surface area contributed by atoms with Crippen LogP contribution in [-0.2, 0) is 4.74 Å². The van der Waals surface area contributed by atoms with Crippen molar-refractivity contribution < 1.29 is 9.53 Å². The molecule has 1 amide bonds. The Bertz CT molecular complexity index is 671. The monoisotopic (exact) mass is 316 g/mol. The van der Waals surface area contributed by atoms with Gasteiger partial charge < -0.3 is 19.5 Å². The number of anilines is 1. The number of likely N-dealkylation sites (N-methyl/N-ethyl adjacent to an activating group) is 1. The molecule has 1 aliphatic rings. The number of nitrogens with one attached hydrogen (secondary N) is 1. The minimum Gasteiger partial charge on any atom is -0.444 e. The van der Waals surface area contributed by atoms with E-state index in [9.17, 15) is 4.79 Å². The molecule has 6 heteroatoms. The van der Waals surface area contributed by atoms with Gasteiger partial charge in [-0.3, -0.25) is 0 Å². The number of aromatic amines is 1. The standard InChI is InChI=1S/C17H24N4O2/c1-17(2,3)23-16(22)21-10-9-12(11-21)20(4)15-18-13-7-5-6-8-14(13)19-15/h5-8,12H,9-11H2,1-4H3,(H,18,19)/t12-/m0/s1. The van der Waals surface area contributed by atoms with Gasteiger partial charge in [0, 0.05) is 20.1 Å². The first-order valence-corrected chi connectivity index (χ1v) is 7.99. The fourth-order valence-electron chi connectivity index (χ4n) is 2.83. The Labute approximate surface area is 136 Å². The van der Waals surface area contributed by atoms with Gasteiger partial charge in [0.25, 0.3) is 0 Å². The van der Waals surface area contributed by atoms with Gasteiger partial charge in [-0.1, -0.05) is 12.1 Å². The molecule has 0 radical (unpaired) electrons. The third kappa shape index (κ3) is 3.41. The SMILES string of the molecule is CN(c1nc2ccccc2[nH]1)[C@H]1CCN(C(=O)OC(C)(C)C)C1. The van der Waals surface area contributed by atoms with Crippen molar-refractivity contribution in [3.63, 3.8) is 0 Å². The highest BCUT2D eigenvalue weighted by Gasteiger charge is 2.32. The number of nitrogens with zero attached hydrogens (tertiary/aromatic N) is 3. The zero-order valence-corrected chi connectivity index (χ0v) is 14.2. The maximum atomic E-state index is 12.2. The zero-order chi connectivity index (χ0) is 16.6. The lowest BCUT2D eigenvalue weighted by atomic mass is 10.2. The highest BCUT2D eigenvalue weighted by atomic mass is 16.6. The molecule has 1 atom stereocenters. The number of amides is 1. The van der Waals surface area contributed by atoms with Gasteiger partial charge in [-0.05, 0) is 39.3 Å². The van der Waals surface area contributed by atoms with E-state index in [0.717, 1.165) is 23.4 Å². The van der Waals surface area contributed by atoms with Crippen LogP contribution in [0.3, 0.4) is 0 Å². The predicted molar refractivity (Wildman–Crippen MR) is 90.7 cm³/mol. The molecule has 3 rings (SSSR count). The first-order valence-electron chi connectivity index (χ1n) is 7.99. The van der Waals surface area contributed by atoms with Gasteiger partial charge in [-0.2, -0.15) is 0 Å². The molecule has 1 N–H and O–H groups in total. The molecule has 0 bridgehead atoms. The maximum absolute atomic E-state index is 12.2. The fourth-order valence-corrected chi connectivity index (χ4v) is 2.83. The van der Waals surface area contributed by atoms with Crippen molar-refractivity contribution in [2.24, 2.45) is 0 Å². The summed E-state index contributed by atoms with van der Waals surface area (Å²) in [5.74, 6) is 0.835. The third-order valence-electron chi connectivity index (χ3n) is 4.07. The van der Waals surface area contributed by atoms with Crippen LogP contribution in [0.4, 0.5) is 10.7 Å². The summed E-state index contributed by atoms with van der Waals surface area (Å²) in [5.41, 5.74) is 1.52. The second kappa shape index (κ2) is 5.76. The van der Waals surface area contributed by atoms with Gasteiger partial charge in [0.15, 0.2) is 0 Å². The predicted octanol–water partition coefficient (Wildman–Crippen LogP) is 3.01. The lowest BCUT2D eigenvalue weighted by molar-refractivity contribution is 0.0292. The van der Waals surface area contributed by atoms with Crippen LogP contribution in [0.2, 0.25) is 0 Å². The van der Waals surface area contributed by atoms with Crippen molar-refractivity contribution in [1.29, 1.82) is 0 Å². The Balaban J connectivity index is 1.67. The lowest BCUT2D eigenvalue weighted by Crippen LogP contribution is -2.39. The molecule has 0 aliphatic carbocycles. The summed E-state index contributed by atoms with van der Waals surface area (Å²) in [6.45, 7) is 7.03. The number of fused-ring (bicyclic) bond motifs is 1. The maximum Gasteiger partial charge on any atom is 0.410 e. The molecule has 124 valence electrons. The average Bonchev–Trinajstić information content (AvgIpc) is 3.11. The van der Waals surface area contributed by atoms with E-state index in [0.29, 0.717) is 13.1 Å². The van der Waals surface area contributed by atoms with Gasteiger partial charge in [-0.25, -0.2) is 9.78 Å². The van der Waals surface area contributed by atoms with Gasteiger partial charge in [0.05, 0.1) is 17.1 Å². The summed E-state index contributed by atoms with van der Waals surface area (Å²) in [7, 11) is 2.01. The van der Waals surface area contributed by atoms with E-state index in [1.54, 1.807) is 4.90 Å². The highest BCUT2D eigenvalue weighted by molar-refractivity contribution is 5.77. The Morgan fingerprint density at radius 1 is 1.39 bits per heavy atom. The van der Waals surface area contributed by atoms with Crippen LogP contribution >= 0.6 is 0 Å². The van der Waals surface area contributed by atoms with Crippen LogP contribution in [0.1, 0.15) is 27.2 Å². The van der Waals surface area contributed by atoms with Crippen molar-refractivity contribution in [3.05, 3.63) is 24.3 Å². The van der Waals surface area contributed by atoms with E-state index in [-0.39, 0.29) is 12.1 Å². The van der Waals surface area contributed by atoms with E-state index in [1.807, 2.05) is 52.1 Å². The molecular weight excluding hydrogens is 292 g/mol. The molecule has 1 aromatic carbocycles. The van der Waals surface area contributed by atoms with Crippen LogP contribution in [-0.4, -0.2) is 52.7 Å². The molecule has 1 aliphatic heterocycles. The lowest BCUT2D eigenvalue weighted by Gasteiger charge is -2.26. The molecule has 1 saturated heterocycles. The second-order valence-electron chi connectivity index (χ2n) is 7.06. The molecule has 2 heterocycles. The molecular formula is C17H24N4O2. The van der Waals surface area contributed by atoms with Crippen molar-refractivity contribution in [3.8, 4) is 0 Å². The fraction of sp³-hybridized carbons (Fsp3) is 0.529. The second-order valence-corrected chi connectivity index (χ2v) is 7.06. The van der Waals surface area contributed by atoms with E-state index in [2.05, 4.69) is 14.9 Å². The van der Waals surface area contributed by atoms with Gasteiger partial charge in [0.1, 0.15) is 5.60 Å². The molecule has 0 unspecified atom stereocenters. The number of ether oxygens (including phenoxy) is 1. The van der Waals surface area contributed by atoms with Crippen LogP contribution in [0.25, 0.3) is 11.0 Å². The van der Waals surface area contributed by atoms with E-state index >= 15 is 0 Å². The number of carbonyl (C=O) groups is 1. The Hall–Kier alpha value is -2.24. The molecule has 2 aromatic rings. The average molecular weight is 316 g/mol. The number of hydrogen-bond donors (Lipinski definition) is 1. The van der Waals surface area contributed by atoms with Gasteiger partial charge in [-0.15, -0.1) is 0 Å². The summed E-state index contributed by atoms with van der Waals surface area (Å²) in [6, 6.07) is 8.21. The topological polar surface area (TPSA) is 61.5 Å². The quantitative estimate of drug-likeness (QED) is 0.925. The van der Waals surface area contributed by atoms with E-state index in [1.165, 1.54) is 0 Å². The molecule has 1 fully saturated rings. The summed E-state index contributed by atoms with van der Waals surface area (Å²) in [6.07, 6.45) is 0.672. The first kappa shape index (κ1) is 15.6. The zero-order valence-electron chi connectivity index (χ0n) is 14.2. The number of likely N-dealkylation sites (tertiary alicyclic amines) is 1. The Morgan fingerprint density at radius 3 is 2.83 bits per heavy atom. The number of imidazole rings is 1. The minimum atomic E-state index is -0.459. The van der Waals surface area contributed by atoms with Crippen LogP contribution < -0.4 is 4.90 Å². The van der Waals surface area contributed by atoms with Gasteiger partial charge in [0.2, 0.25) is 5.95 Å². The molecule has 0 spiro atoms. The normalized spacial score (nSPS) is 18.4. The number of rotatable bonds is 2. The molecule has 1 aromatic heterocycles. The molecule has 23 heavy (non-hydrogen) atoms. The number of hydrogen-bond acceptors (Lipinski definition) is 4. The van der Waals surface area contributed by atoms with Crippen molar-refractivity contribution in [1.82, 2.24) is 14.9 Å². The van der Waals surface area contributed by atoms with Crippen LogP contribution in [0.15, 0.2) is 24.3 Å². The van der Waals surface area contributed by atoms with E-state index < -0.39 is 5.60 Å². The Kier molecular flexibility index (Phi) is 3.92. The third-order valence-corrected chi connectivity index (χ3v) is 4.07. The number of H-pyrrole nitrogens is 1. The molecule has 0 saturated carbocycles. The van der Waals surface area contributed by atoms with Crippen molar-refractivity contribution >= 4 is 23.1 Å². The minimum absolute atomic E-state index is 0.238. The van der Waals surface area contributed by atoms with Gasteiger partial charge >= 0.3 is 6.09 Å². The summed E-state index contributed by atoms with van der Waals surface area (Å²) >= 11 is 0. The Morgan fingerprint density at radius 2 is 2.13 bits per heavy atom. The summed E-state index contributed by atoms with van der Waals surface area (Å²) in [5, 5.41) is 0. The number of aromatic nitrogens is 2. The van der Waals surface area contributed by atoms with Crippen LogP contribution in [0, 0.1) is 0 Å². The van der Waals surface area contributed by atoms with E-state index in [4.69, 9.17) is 4.74 Å². The van der Waals surface area contributed by atoms with Crippen molar-refractivity contribution in [2.75, 3.05) is 25.0 Å². The number of benzene rings is 1. The first-order chi connectivity index (χ1) is 10.8. The largest absolute Gasteiger partial charge is 0.444 e. The summed E-state index contributed by atoms with van der Waals surface area (Å²) in [4.78, 5) is 24.0. The number of carbonyl (C=O) groups excluding carboxylic acids is 1. The highest BCUT2D eigenvalue weighted by Crippen LogP contribution is 2.23.